The molecular weight excluding hydrogens is 403 g/mol. The topological polar surface area (TPSA) is 79.3 Å². The monoisotopic (exact) mass is 412 g/mol. The van der Waals surface area contributed by atoms with Crippen LogP contribution in [0.15, 0.2) is 22.8 Å². The number of carbonyl (C=O) groups excluding carboxylic acids is 1. The van der Waals surface area contributed by atoms with Gasteiger partial charge in [0.25, 0.3) is 0 Å². The van der Waals surface area contributed by atoms with Crippen LogP contribution in [0.5, 0.6) is 0 Å². The van der Waals surface area contributed by atoms with E-state index in [0.29, 0.717) is 5.82 Å². The maximum absolute atomic E-state index is 11.6. The van der Waals surface area contributed by atoms with Gasteiger partial charge >= 0.3 is 5.97 Å². The largest absolute Gasteiger partial charge is 0.480 e. The molecule has 0 radical (unpaired) electrons. The number of pyridine rings is 1. The van der Waals surface area contributed by atoms with Crippen LogP contribution in [-0.2, 0) is 9.59 Å². The summed E-state index contributed by atoms with van der Waals surface area (Å²) in [7, 11) is 0. The third-order valence-corrected chi connectivity index (χ3v) is 3.25. The lowest BCUT2D eigenvalue weighted by Crippen LogP contribution is -2.33. The number of carboxylic acids is 1. The molecule has 0 aliphatic heterocycles. The normalized spacial score (nSPS) is 13.8. The first kappa shape index (κ1) is 14.4. The van der Waals surface area contributed by atoms with Gasteiger partial charge in [-0.05, 0) is 35.0 Å². The smallest absolute Gasteiger partial charge is 0.319 e. The molecule has 1 heterocycles. The van der Waals surface area contributed by atoms with Crippen LogP contribution < -0.4 is 5.32 Å². The molecule has 1 atom stereocenters. The Labute approximate surface area is 120 Å². The van der Waals surface area contributed by atoms with Crippen molar-refractivity contribution in [1.29, 1.82) is 0 Å². The number of hydrogen-bond donors (Lipinski definition) is 2. The molecule has 0 saturated heterocycles. The van der Waals surface area contributed by atoms with E-state index in [4.69, 9.17) is 5.11 Å². The molecule has 0 spiro atoms. The van der Waals surface area contributed by atoms with Crippen molar-refractivity contribution in [1.82, 2.24) is 4.98 Å². The number of carboxylic acid groups (broad SMARTS) is 1. The fourth-order valence-electron chi connectivity index (χ4n) is 1.01. The van der Waals surface area contributed by atoms with Crippen LogP contribution in [-0.4, -0.2) is 25.4 Å². The zero-order valence-electron chi connectivity index (χ0n) is 8.91. The van der Waals surface area contributed by atoms with Crippen molar-refractivity contribution < 1.29 is 14.7 Å². The van der Waals surface area contributed by atoms with Gasteiger partial charge in [0.05, 0.1) is 6.42 Å². The van der Waals surface area contributed by atoms with E-state index >= 15 is 0 Å². The van der Waals surface area contributed by atoms with Gasteiger partial charge in [0.1, 0.15) is 9.24 Å². The summed E-state index contributed by atoms with van der Waals surface area (Å²) in [6.45, 7) is 1.49. The van der Waals surface area contributed by atoms with Gasteiger partial charge in [-0.3, -0.25) is 9.59 Å². The van der Waals surface area contributed by atoms with Crippen LogP contribution in [0.3, 0.4) is 0 Å². The van der Waals surface area contributed by atoms with Crippen LogP contribution in [0.4, 0.5) is 5.82 Å². The van der Waals surface area contributed by atoms with Crippen molar-refractivity contribution in [3.63, 3.8) is 0 Å². The number of carbonyl (C=O) groups is 2. The van der Waals surface area contributed by atoms with Gasteiger partial charge in [-0.15, -0.1) is 0 Å². The average molecular weight is 413 g/mol. The maximum Gasteiger partial charge on any atom is 0.319 e. The SMILES string of the molecule is CC(I)(CC(=O)Nc1ccc(Br)cn1)C(=O)O. The summed E-state index contributed by atoms with van der Waals surface area (Å²) in [5, 5.41) is 11.4. The molecule has 92 valence electrons. The fourth-order valence-corrected chi connectivity index (χ4v) is 1.59. The molecular formula is C10H10BrIN2O3. The zero-order chi connectivity index (χ0) is 13.1. The second-order valence-electron chi connectivity index (χ2n) is 3.59. The molecule has 0 aromatic carbocycles. The van der Waals surface area contributed by atoms with Gasteiger partial charge in [0, 0.05) is 10.7 Å². The zero-order valence-corrected chi connectivity index (χ0v) is 12.6. The highest BCUT2D eigenvalue weighted by molar-refractivity contribution is 14.1. The van der Waals surface area contributed by atoms with Gasteiger partial charge in [0.2, 0.25) is 5.91 Å². The standard InChI is InChI=1S/C10H10BrIN2O3/c1-10(12,9(16)17)4-8(15)14-7-3-2-6(11)5-13-7/h2-3,5H,4H2,1H3,(H,16,17)(H,13,14,15). The Morgan fingerprint density at radius 1 is 1.59 bits per heavy atom. The van der Waals surface area contributed by atoms with E-state index in [9.17, 15) is 9.59 Å². The van der Waals surface area contributed by atoms with Crippen LogP contribution in [0.25, 0.3) is 0 Å². The molecule has 5 nitrogen and oxygen atoms in total. The van der Waals surface area contributed by atoms with Gasteiger partial charge < -0.3 is 10.4 Å². The van der Waals surface area contributed by atoms with Gasteiger partial charge in [-0.1, -0.05) is 22.6 Å². The van der Waals surface area contributed by atoms with Crippen molar-refractivity contribution in [3.8, 4) is 0 Å². The molecule has 1 rings (SSSR count). The van der Waals surface area contributed by atoms with E-state index in [2.05, 4.69) is 26.2 Å². The Hall–Kier alpha value is -0.700. The molecule has 1 unspecified atom stereocenters. The summed E-state index contributed by atoms with van der Waals surface area (Å²) in [6.07, 6.45) is 1.44. The highest BCUT2D eigenvalue weighted by atomic mass is 127. The molecule has 0 aliphatic rings. The Morgan fingerprint density at radius 3 is 2.71 bits per heavy atom. The summed E-state index contributed by atoms with van der Waals surface area (Å²) >= 11 is 4.97. The van der Waals surface area contributed by atoms with E-state index in [-0.39, 0.29) is 12.3 Å². The minimum Gasteiger partial charge on any atom is -0.480 e. The quantitative estimate of drug-likeness (QED) is 0.588. The first-order valence-corrected chi connectivity index (χ1v) is 6.52. The molecule has 1 amide bonds. The predicted molar refractivity (Wildman–Crippen MR) is 75.2 cm³/mol. The summed E-state index contributed by atoms with van der Waals surface area (Å²) in [5.74, 6) is -0.994. The second kappa shape index (κ2) is 5.76. The third-order valence-electron chi connectivity index (χ3n) is 1.93. The van der Waals surface area contributed by atoms with Crippen molar-refractivity contribution in [2.45, 2.75) is 16.8 Å². The highest BCUT2D eigenvalue weighted by Crippen LogP contribution is 2.23. The van der Waals surface area contributed by atoms with Crippen molar-refractivity contribution in [2.24, 2.45) is 0 Å². The first-order chi connectivity index (χ1) is 7.81. The number of alkyl halides is 1. The molecule has 7 heteroatoms. The number of hydrogen-bond acceptors (Lipinski definition) is 3. The second-order valence-corrected chi connectivity index (χ2v) is 6.89. The Balaban J connectivity index is 2.62. The van der Waals surface area contributed by atoms with E-state index in [1.54, 1.807) is 40.9 Å². The van der Waals surface area contributed by atoms with Crippen molar-refractivity contribution in [2.75, 3.05) is 5.32 Å². The number of amides is 1. The number of nitrogens with zero attached hydrogens (tertiary/aromatic N) is 1. The third kappa shape index (κ3) is 4.58. The molecule has 1 aromatic rings. The molecule has 0 saturated carbocycles. The fraction of sp³-hybridized carbons (Fsp3) is 0.300. The minimum atomic E-state index is -1.11. The minimum absolute atomic E-state index is 0.110. The summed E-state index contributed by atoms with van der Waals surface area (Å²) in [5.41, 5.74) is 0. The van der Waals surface area contributed by atoms with Crippen LogP contribution in [0, 0.1) is 0 Å². The van der Waals surface area contributed by atoms with Crippen molar-refractivity contribution >= 4 is 56.2 Å². The molecule has 0 aliphatic carbocycles. The lowest BCUT2D eigenvalue weighted by molar-refractivity contribution is -0.140. The van der Waals surface area contributed by atoms with Crippen molar-refractivity contribution in [3.05, 3.63) is 22.8 Å². The highest BCUT2D eigenvalue weighted by Gasteiger charge is 2.32. The van der Waals surface area contributed by atoms with E-state index in [0.717, 1.165) is 4.47 Å². The average Bonchev–Trinajstić information content (AvgIpc) is 2.20. The first-order valence-electron chi connectivity index (χ1n) is 4.65. The van der Waals surface area contributed by atoms with Gasteiger partial charge in [-0.25, -0.2) is 4.98 Å². The van der Waals surface area contributed by atoms with E-state index < -0.39 is 9.39 Å². The lowest BCUT2D eigenvalue weighted by atomic mass is 10.1. The summed E-state index contributed by atoms with van der Waals surface area (Å²) < 4.78 is -0.309. The summed E-state index contributed by atoms with van der Waals surface area (Å²) in [4.78, 5) is 26.4. The van der Waals surface area contributed by atoms with Crippen LogP contribution in [0.2, 0.25) is 0 Å². The van der Waals surface area contributed by atoms with Gasteiger partial charge in [-0.2, -0.15) is 0 Å². The van der Waals surface area contributed by atoms with E-state index in [1.165, 1.54) is 6.92 Å². The number of rotatable bonds is 4. The Bertz CT molecular complexity index is 434. The number of halogens is 2. The molecule has 1 aromatic heterocycles. The van der Waals surface area contributed by atoms with E-state index in [1.807, 2.05) is 0 Å². The molecule has 17 heavy (non-hydrogen) atoms. The maximum atomic E-state index is 11.6. The summed E-state index contributed by atoms with van der Waals surface area (Å²) in [6, 6.07) is 3.37. The molecule has 2 N–H and O–H groups in total. The number of aliphatic carboxylic acids is 1. The number of anilines is 1. The Kier molecular flexibility index (Phi) is 4.87. The van der Waals surface area contributed by atoms with Crippen LogP contribution >= 0.6 is 38.5 Å². The van der Waals surface area contributed by atoms with Crippen LogP contribution in [0.1, 0.15) is 13.3 Å². The Morgan fingerprint density at radius 2 is 2.24 bits per heavy atom. The molecule has 0 fully saturated rings. The van der Waals surface area contributed by atoms with Gasteiger partial charge in [0.15, 0.2) is 0 Å². The number of nitrogens with one attached hydrogen (secondary N) is 1. The number of aromatic nitrogens is 1. The lowest BCUT2D eigenvalue weighted by Gasteiger charge is -2.16. The molecule has 0 bridgehead atoms. The predicted octanol–water partition coefficient (Wildman–Crippen LogP) is 2.45.